The fraction of sp³-hybridized carbons (Fsp3) is 0.381. The van der Waals surface area contributed by atoms with E-state index in [0.29, 0.717) is 5.39 Å². The Morgan fingerprint density at radius 1 is 0.852 bits per heavy atom. The van der Waals surface area contributed by atoms with Crippen LogP contribution in [0.5, 0.6) is 0 Å². The molecule has 0 saturated carbocycles. The molecular formula is C21H25N3O2S. The molecule has 2 heterocycles. The van der Waals surface area contributed by atoms with Crippen LogP contribution in [0, 0.1) is 0 Å². The summed E-state index contributed by atoms with van der Waals surface area (Å²) in [7, 11) is -3.63. The number of aryl methyl sites for hydroxylation is 1. The van der Waals surface area contributed by atoms with Crippen LogP contribution in [-0.2, 0) is 16.4 Å². The van der Waals surface area contributed by atoms with E-state index in [2.05, 4.69) is 10.00 Å². The number of fused-ring (bicyclic) bond motifs is 1. The number of piperidine rings is 1. The molecule has 5 nitrogen and oxygen atoms in total. The smallest absolute Gasteiger partial charge is 0.226 e. The van der Waals surface area contributed by atoms with Crippen molar-refractivity contribution in [2.24, 2.45) is 0 Å². The Balaban J connectivity index is 1.61. The zero-order chi connectivity index (χ0) is 18.7. The van der Waals surface area contributed by atoms with Crippen LogP contribution in [0.25, 0.3) is 10.9 Å². The van der Waals surface area contributed by atoms with E-state index in [0.717, 1.165) is 25.0 Å². The lowest BCUT2D eigenvalue weighted by Crippen LogP contribution is -2.31. The minimum atomic E-state index is -3.63. The fourth-order valence-electron chi connectivity index (χ4n) is 3.80. The van der Waals surface area contributed by atoms with Gasteiger partial charge in [-0.1, -0.05) is 36.8 Å². The SMILES string of the molecule is O=S(=O)(c1ccccc1)c1nn(CCCN2CCCCC2)c2ccccc12. The minimum Gasteiger partial charge on any atom is -0.303 e. The summed E-state index contributed by atoms with van der Waals surface area (Å²) >= 11 is 0. The van der Waals surface area contributed by atoms with Gasteiger partial charge in [0.1, 0.15) is 0 Å². The predicted octanol–water partition coefficient (Wildman–Crippen LogP) is 3.75. The molecule has 0 bridgehead atoms. The van der Waals surface area contributed by atoms with Crippen molar-refractivity contribution in [3.8, 4) is 0 Å². The van der Waals surface area contributed by atoms with Crippen LogP contribution >= 0.6 is 0 Å². The van der Waals surface area contributed by atoms with Crippen molar-refractivity contribution in [1.29, 1.82) is 0 Å². The van der Waals surface area contributed by atoms with Crippen LogP contribution in [0.3, 0.4) is 0 Å². The van der Waals surface area contributed by atoms with Gasteiger partial charge in [-0.25, -0.2) is 8.42 Å². The number of sulfone groups is 1. The van der Waals surface area contributed by atoms with Gasteiger partial charge in [0, 0.05) is 11.9 Å². The molecule has 2 aromatic carbocycles. The summed E-state index contributed by atoms with van der Waals surface area (Å²) in [6, 6.07) is 16.1. The van der Waals surface area contributed by atoms with Crippen LogP contribution in [0.2, 0.25) is 0 Å². The Morgan fingerprint density at radius 2 is 1.56 bits per heavy atom. The first-order chi connectivity index (χ1) is 13.2. The molecule has 0 amide bonds. The summed E-state index contributed by atoms with van der Waals surface area (Å²) in [5, 5.41) is 5.38. The van der Waals surface area contributed by atoms with Crippen molar-refractivity contribution in [2.75, 3.05) is 19.6 Å². The minimum absolute atomic E-state index is 0.155. The molecule has 1 aliphatic heterocycles. The summed E-state index contributed by atoms with van der Waals surface area (Å²) in [6.45, 7) is 4.11. The number of para-hydroxylation sites is 1. The van der Waals surface area contributed by atoms with E-state index >= 15 is 0 Å². The number of likely N-dealkylation sites (tertiary alicyclic amines) is 1. The molecule has 27 heavy (non-hydrogen) atoms. The van der Waals surface area contributed by atoms with Crippen LogP contribution in [0.15, 0.2) is 64.5 Å². The highest BCUT2D eigenvalue weighted by atomic mass is 32.2. The maximum Gasteiger partial charge on any atom is 0.226 e. The molecular weight excluding hydrogens is 358 g/mol. The maximum atomic E-state index is 13.1. The normalized spacial score (nSPS) is 16.0. The van der Waals surface area contributed by atoms with Gasteiger partial charge < -0.3 is 4.90 Å². The first-order valence-corrected chi connectivity index (χ1v) is 11.1. The molecule has 0 N–H and O–H groups in total. The fourth-order valence-corrected chi connectivity index (χ4v) is 5.21. The van der Waals surface area contributed by atoms with Gasteiger partial charge in [0.05, 0.1) is 10.4 Å². The Kier molecular flexibility index (Phi) is 5.27. The molecule has 0 spiro atoms. The summed E-state index contributed by atoms with van der Waals surface area (Å²) in [4.78, 5) is 2.78. The highest BCUT2D eigenvalue weighted by Crippen LogP contribution is 2.27. The van der Waals surface area contributed by atoms with E-state index in [1.165, 1.54) is 32.4 Å². The zero-order valence-electron chi connectivity index (χ0n) is 15.4. The molecule has 0 aliphatic carbocycles. The van der Waals surface area contributed by atoms with Gasteiger partial charge in [0.2, 0.25) is 9.84 Å². The number of hydrogen-bond acceptors (Lipinski definition) is 4. The third-order valence-electron chi connectivity index (χ3n) is 5.23. The average molecular weight is 384 g/mol. The molecule has 0 radical (unpaired) electrons. The molecule has 3 aromatic rings. The number of hydrogen-bond donors (Lipinski definition) is 0. The molecule has 142 valence electrons. The molecule has 4 rings (SSSR count). The van der Waals surface area contributed by atoms with Gasteiger partial charge in [-0.15, -0.1) is 0 Å². The topological polar surface area (TPSA) is 55.2 Å². The molecule has 1 aliphatic rings. The second-order valence-corrected chi connectivity index (χ2v) is 8.98. The van der Waals surface area contributed by atoms with E-state index in [9.17, 15) is 8.42 Å². The van der Waals surface area contributed by atoms with Crippen molar-refractivity contribution in [3.63, 3.8) is 0 Å². The lowest BCUT2D eigenvalue weighted by molar-refractivity contribution is 0.222. The number of aromatic nitrogens is 2. The Hall–Kier alpha value is -2.18. The zero-order valence-corrected chi connectivity index (χ0v) is 16.2. The van der Waals surface area contributed by atoms with Gasteiger partial charge in [-0.05, 0) is 63.2 Å². The molecule has 0 unspecified atom stereocenters. The van der Waals surface area contributed by atoms with Gasteiger partial charge in [0.15, 0.2) is 5.03 Å². The van der Waals surface area contributed by atoms with Crippen molar-refractivity contribution < 1.29 is 8.42 Å². The first-order valence-electron chi connectivity index (χ1n) is 9.64. The van der Waals surface area contributed by atoms with E-state index in [1.807, 2.05) is 35.0 Å². The van der Waals surface area contributed by atoms with Crippen molar-refractivity contribution in [2.45, 2.75) is 42.1 Å². The predicted molar refractivity (Wildman–Crippen MR) is 107 cm³/mol. The Morgan fingerprint density at radius 3 is 2.33 bits per heavy atom. The summed E-state index contributed by atoms with van der Waals surface area (Å²) < 4.78 is 28.1. The maximum absolute atomic E-state index is 13.1. The van der Waals surface area contributed by atoms with E-state index in [4.69, 9.17) is 0 Å². The van der Waals surface area contributed by atoms with Gasteiger partial charge in [0.25, 0.3) is 0 Å². The third-order valence-corrected chi connectivity index (χ3v) is 6.93. The van der Waals surface area contributed by atoms with Crippen molar-refractivity contribution >= 4 is 20.7 Å². The number of rotatable bonds is 6. The quantitative estimate of drug-likeness (QED) is 0.651. The molecule has 1 fully saturated rings. The van der Waals surface area contributed by atoms with Gasteiger partial charge >= 0.3 is 0 Å². The van der Waals surface area contributed by atoms with Gasteiger partial charge in [-0.2, -0.15) is 5.10 Å². The molecule has 1 saturated heterocycles. The number of nitrogens with zero attached hydrogens (tertiary/aromatic N) is 3. The molecule has 0 atom stereocenters. The average Bonchev–Trinajstić information content (AvgIpc) is 3.09. The standard InChI is InChI=1S/C21H25N3O2S/c25-27(26,18-10-3-1-4-11-18)21-19-12-5-6-13-20(19)24(22-21)17-9-16-23-14-7-2-8-15-23/h1,3-6,10-13H,2,7-9,14-17H2. The van der Waals surface area contributed by atoms with Crippen LogP contribution in [0.4, 0.5) is 0 Å². The Labute approximate surface area is 160 Å². The lowest BCUT2D eigenvalue weighted by Gasteiger charge is -2.26. The van der Waals surface area contributed by atoms with Crippen molar-refractivity contribution in [3.05, 3.63) is 54.6 Å². The monoisotopic (exact) mass is 383 g/mol. The second-order valence-electron chi connectivity index (χ2n) is 7.12. The third kappa shape index (κ3) is 3.77. The lowest BCUT2D eigenvalue weighted by atomic mass is 10.1. The van der Waals surface area contributed by atoms with E-state index in [-0.39, 0.29) is 9.92 Å². The summed E-state index contributed by atoms with van der Waals surface area (Å²) in [6.07, 6.45) is 4.87. The molecule has 1 aromatic heterocycles. The summed E-state index contributed by atoms with van der Waals surface area (Å²) in [5.41, 5.74) is 0.880. The van der Waals surface area contributed by atoms with Gasteiger partial charge in [-0.3, -0.25) is 4.68 Å². The number of benzene rings is 2. The van der Waals surface area contributed by atoms with E-state index < -0.39 is 9.84 Å². The largest absolute Gasteiger partial charge is 0.303 e. The second kappa shape index (κ2) is 7.82. The molecule has 6 heteroatoms. The van der Waals surface area contributed by atoms with Crippen LogP contribution in [0.1, 0.15) is 25.7 Å². The van der Waals surface area contributed by atoms with Crippen molar-refractivity contribution in [1.82, 2.24) is 14.7 Å². The first kappa shape index (κ1) is 18.2. The van der Waals surface area contributed by atoms with Crippen LogP contribution in [-0.4, -0.2) is 42.7 Å². The summed E-state index contributed by atoms with van der Waals surface area (Å²) in [5.74, 6) is 0. The highest BCUT2D eigenvalue weighted by Gasteiger charge is 2.25. The van der Waals surface area contributed by atoms with E-state index in [1.54, 1.807) is 24.3 Å². The highest BCUT2D eigenvalue weighted by molar-refractivity contribution is 7.91. The Bertz CT molecular complexity index is 1010. The van der Waals surface area contributed by atoms with Crippen LogP contribution < -0.4 is 0 Å².